The Bertz CT molecular complexity index is 557. The van der Waals surface area contributed by atoms with Gasteiger partial charge >= 0.3 is 0 Å². The van der Waals surface area contributed by atoms with Crippen molar-refractivity contribution in [2.45, 2.75) is 19.3 Å². The smallest absolute Gasteiger partial charge is 0.251 e. The fraction of sp³-hybridized carbons (Fsp3) is 0.429. The molecule has 1 unspecified atom stereocenters. The Morgan fingerprint density at radius 3 is 2.71 bits per heavy atom. The van der Waals surface area contributed by atoms with Crippen LogP contribution in [0.1, 0.15) is 29.6 Å². The highest BCUT2D eigenvalue weighted by atomic mass is 19.1. The largest absolute Gasteiger partial charge is 0.366 e. The van der Waals surface area contributed by atoms with Crippen LogP contribution in [0.3, 0.4) is 0 Å². The lowest BCUT2D eigenvalue weighted by Gasteiger charge is -2.10. The van der Waals surface area contributed by atoms with E-state index in [9.17, 15) is 18.4 Å². The minimum atomic E-state index is -1.05. The Labute approximate surface area is 120 Å². The molecule has 1 aromatic rings. The molecule has 1 aromatic carbocycles. The molecule has 0 bridgehead atoms. The van der Waals surface area contributed by atoms with Crippen LogP contribution in [0.4, 0.5) is 14.5 Å². The Morgan fingerprint density at radius 2 is 2.10 bits per heavy atom. The second-order valence-corrected chi connectivity index (χ2v) is 5.12. The molecule has 1 atom stereocenters. The Balaban J connectivity index is 1.99. The highest BCUT2D eigenvalue weighted by molar-refractivity contribution is 5.96. The number of nitrogens with one attached hydrogen (secondary N) is 2. The maximum Gasteiger partial charge on any atom is 0.251 e. The van der Waals surface area contributed by atoms with E-state index in [2.05, 4.69) is 10.6 Å². The molecule has 1 saturated heterocycles. The minimum Gasteiger partial charge on any atom is -0.366 e. The highest BCUT2D eigenvalue weighted by Crippen LogP contribution is 2.20. The summed E-state index contributed by atoms with van der Waals surface area (Å²) in [6, 6.07) is 1.46. The van der Waals surface area contributed by atoms with Crippen molar-refractivity contribution >= 4 is 17.5 Å². The van der Waals surface area contributed by atoms with Gasteiger partial charge in [-0.3, -0.25) is 9.59 Å². The van der Waals surface area contributed by atoms with E-state index in [4.69, 9.17) is 5.73 Å². The van der Waals surface area contributed by atoms with Crippen LogP contribution in [0.25, 0.3) is 0 Å². The van der Waals surface area contributed by atoms with Crippen molar-refractivity contribution in [2.24, 2.45) is 11.7 Å². The summed E-state index contributed by atoms with van der Waals surface area (Å²) in [4.78, 5) is 22.8. The van der Waals surface area contributed by atoms with Crippen molar-refractivity contribution in [1.29, 1.82) is 0 Å². The fourth-order valence-electron chi connectivity index (χ4n) is 2.34. The molecule has 114 valence electrons. The predicted octanol–water partition coefficient (Wildman–Crippen LogP) is 1.39. The molecule has 4 N–H and O–H groups in total. The van der Waals surface area contributed by atoms with Gasteiger partial charge < -0.3 is 16.4 Å². The van der Waals surface area contributed by atoms with E-state index in [1.807, 2.05) is 0 Å². The van der Waals surface area contributed by atoms with Gasteiger partial charge in [0.25, 0.3) is 5.91 Å². The summed E-state index contributed by atoms with van der Waals surface area (Å²) in [5, 5.41) is 5.54. The van der Waals surface area contributed by atoms with Crippen LogP contribution in [0.15, 0.2) is 12.1 Å². The van der Waals surface area contributed by atoms with E-state index in [0.29, 0.717) is 18.4 Å². The Morgan fingerprint density at radius 1 is 1.33 bits per heavy atom. The van der Waals surface area contributed by atoms with Gasteiger partial charge in [-0.15, -0.1) is 0 Å². The van der Waals surface area contributed by atoms with Gasteiger partial charge in [0, 0.05) is 12.5 Å². The number of anilines is 1. The molecule has 2 rings (SSSR count). The number of carbonyl (C=O) groups excluding carboxylic acids is 2. The summed E-state index contributed by atoms with van der Waals surface area (Å²) in [5.74, 6) is -2.93. The van der Waals surface area contributed by atoms with E-state index in [0.717, 1.165) is 25.6 Å². The molecule has 1 aliphatic heterocycles. The summed E-state index contributed by atoms with van der Waals surface area (Å²) in [6.07, 6.45) is 1.96. The number of hydrogen-bond donors (Lipinski definition) is 3. The van der Waals surface area contributed by atoms with Gasteiger partial charge in [-0.25, -0.2) is 8.78 Å². The summed E-state index contributed by atoms with van der Waals surface area (Å²) < 4.78 is 26.9. The Hall–Kier alpha value is -2.02. The van der Waals surface area contributed by atoms with Gasteiger partial charge in [0.05, 0.1) is 11.3 Å². The lowest BCUT2D eigenvalue weighted by atomic mass is 10.0. The predicted molar refractivity (Wildman–Crippen MR) is 73.7 cm³/mol. The standard InChI is InChI=1S/C14H17F2N3O2/c15-10-6-11(16)12(5-9(10)14(17)21)19-13(20)2-1-8-3-4-18-7-8/h5-6,8,18H,1-4,7H2,(H2,17,21)(H,19,20). The van der Waals surface area contributed by atoms with Crippen LogP contribution in [0.2, 0.25) is 0 Å². The molecule has 0 aliphatic carbocycles. The summed E-state index contributed by atoms with van der Waals surface area (Å²) in [6.45, 7) is 1.82. The monoisotopic (exact) mass is 297 g/mol. The normalized spacial score (nSPS) is 17.7. The SMILES string of the molecule is NC(=O)c1cc(NC(=O)CCC2CCNC2)c(F)cc1F. The van der Waals surface area contributed by atoms with E-state index < -0.39 is 23.1 Å². The second kappa shape index (κ2) is 6.62. The zero-order valence-corrected chi connectivity index (χ0v) is 11.4. The van der Waals surface area contributed by atoms with E-state index in [-0.39, 0.29) is 18.0 Å². The third-order valence-corrected chi connectivity index (χ3v) is 3.54. The van der Waals surface area contributed by atoms with Crippen LogP contribution in [0, 0.1) is 17.6 Å². The zero-order chi connectivity index (χ0) is 15.4. The van der Waals surface area contributed by atoms with Gasteiger partial charge in [0.1, 0.15) is 11.6 Å². The molecule has 1 heterocycles. The van der Waals surface area contributed by atoms with Crippen LogP contribution >= 0.6 is 0 Å². The quantitative estimate of drug-likeness (QED) is 0.768. The number of amides is 2. The van der Waals surface area contributed by atoms with Crippen LogP contribution in [0.5, 0.6) is 0 Å². The zero-order valence-electron chi connectivity index (χ0n) is 11.4. The number of benzene rings is 1. The van der Waals surface area contributed by atoms with Gasteiger partial charge in [0.2, 0.25) is 5.91 Å². The molecule has 0 aromatic heterocycles. The number of primary amides is 1. The van der Waals surface area contributed by atoms with Gasteiger partial charge in [-0.05, 0) is 37.9 Å². The fourth-order valence-corrected chi connectivity index (χ4v) is 2.34. The molecule has 5 nitrogen and oxygen atoms in total. The summed E-state index contributed by atoms with van der Waals surface area (Å²) in [5.41, 5.74) is 4.30. The topological polar surface area (TPSA) is 84.2 Å². The van der Waals surface area contributed by atoms with Crippen LogP contribution < -0.4 is 16.4 Å². The number of carbonyl (C=O) groups is 2. The van der Waals surface area contributed by atoms with Crippen LogP contribution in [-0.2, 0) is 4.79 Å². The lowest BCUT2D eigenvalue weighted by Crippen LogP contribution is -2.18. The van der Waals surface area contributed by atoms with Crippen LogP contribution in [-0.4, -0.2) is 24.9 Å². The number of hydrogen-bond acceptors (Lipinski definition) is 3. The average Bonchev–Trinajstić information content (AvgIpc) is 2.92. The first-order chi connectivity index (χ1) is 9.97. The van der Waals surface area contributed by atoms with Gasteiger partial charge in [0.15, 0.2) is 0 Å². The Kier molecular flexibility index (Phi) is 4.85. The first-order valence-electron chi connectivity index (χ1n) is 6.76. The molecule has 0 spiro atoms. The summed E-state index contributed by atoms with van der Waals surface area (Å²) in [7, 11) is 0. The maximum atomic E-state index is 13.6. The molecule has 1 aliphatic rings. The third-order valence-electron chi connectivity index (χ3n) is 3.54. The van der Waals surface area contributed by atoms with Gasteiger partial charge in [-0.2, -0.15) is 0 Å². The lowest BCUT2D eigenvalue weighted by molar-refractivity contribution is -0.116. The molecule has 2 amide bonds. The van der Waals surface area contributed by atoms with Crippen molar-refractivity contribution in [3.8, 4) is 0 Å². The average molecular weight is 297 g/mol. The molecular formula is C14H17F2N3O2. The molecule has 1 fully saturated rings. The molecule has 21 heavy (non-hydrogen) atoms. The molecule has 0 saturated carbocycles. The number of halogens is 2. The second-order valence-electron chi connectivity index (χ2n) is 5.12. The highest BCUT2D eigenvalue weighted by Gasteiger charge is 2.18. The number of nitrogens with two attached hydrogens (primary N) is 1. The van der Waals surface area contributed by atoms with Crippen molar-refractivity contribution in [2.75, 3.05) is 18.4 Å². The van der Waals surface area contributed by atoms with Gasteiger partial charge in [-0.1, -0.05) is 0 Å². The molecular weight excluding hydrogens is 280 g/mol. The summed E-state index contributed by atoms with van der Waals surface area (Å²) >= 11 is 0. The maximum absolute atomic E-state index is 13.6. The van der Waals surface area contributed by atoms with Crippen molar-refractivity contribution in [1.82, 2.24) is 5.32 Å². The third kappa shape index (κ3) is 3.98. The van der Waals surface area contributed by atoms with Crippen molar-refractivity contribution in [3.63, 3.8) is 0 Å². The molecule has 0 radical (unpaired) electrons. The van der Waals surface area contributed by atoms with Crippen molar-refractivity contribution < 1.29 is 18.4 Å². The first kappa shape index (κ1) is 15.4. The van der Waals surface area contributed by atoms with E-state index in [1.165, 1.54) is 0 Å². The molecule has 7 heteroatoms. The van der Waals surface area contributed by atoms with E-state index >= 15 is 0 Å². The van der Waals surface area contributed by atoms with E-state index in [1.54, 1.807) is 0 Å². The number of rotatable bonds is 5. The minimum absolute atomic E-state index is 0.236. The van der Waals surface area contributed by atoms with Crippen molar-refractivity contribution in [3.05, 3.63) is 29.3 Å². The first-order valence-corrected chi connectivity index (χ1v) is 6.76.